The zero-order valence-electron chi connectivity index (χ0n) is 4.89. The normalized spacial score (nSPS) is 7.00. The van der Waals surface area contributed by atoms with Crippen LogP contribution in [0.3, 0.4) is 0 Å². The summed E-state index contributed by atoms with van der Waals surface area (Å²) in [6.07, 6.45) is 3.42. The van der Waals surface area contributed by atoms with Crippen LogP contribution in [0.5, 0.6) is 0 Å². The molecule has 0 radical (unpaired) electrons. The van der Waals surface area contributed by atoms with E-state index in [1.165, 1.54) is 0 Å². The van der Waals surface area contributed by atoms with Gasteiger partial charge in [0.2, 0.25) is 0 Å². The summed E-state index contributed by atoms with van der Waals surface area (Å²) in [6.45, 7) is 8.18. The van der Waals surface area contributed by atoms with Crippen LogP contribution >= 0.6 is 0 Å². The quantitative estimate of drug-likeness (QED) is 0.428. The fraction of sp³-hybridized carbons (Fsp3) is 0.333. The standard InChI is InChI=1S/C6H10O.Hf/c1-3-5-7-6-4-2;/h3-4H,1-2,5-6H2;. The third-order valence-electron chi connectivity index (χ3n) is 0.471. The first-order chi connectivity index (χ1) is 3.41. The molecule has 1 nitrogen and oxygen atoms in total. The van der Waals surface area contributed by atoms with Gasteiger partial charge in [-0.15, -0.1) is 13.2 Å². The Balaban J connectivity index is 0. The van der Waals surface area contributed by atoms with E-state index in [0.717, 1.165) is 0 Å². The van der Waals surface area contributed by atoms with E-state index in [4.69, 9.17) is 4.74 Å². The first kappa shape index (κ1) is 11.2. The molecule has 0 amide bonds. The van der Waals surface area contributed by atoms with Crippen molar-refractivity contribution in [1.82, 2.24) is 0 Å². The third kappa shape index (κ3) is 9.58. The molecule has 2 heteroatoms. The van der Waals surface area contributed by atoms with E-state index in [0.29, 0.717) is 13.2 Å². The summed E-state index contributed by atoms with van der Waals surface area (Å²) in [5.41, 5.74) is 0. The van der Waals surface area contributed by atoms with Crippen LogP contribution in [0, 0.1) is 0 Å². The zero-order valence-corrected chi connectivity index (χ0v) is 8.48. The van der Waals surface area contributed by atoms with Crippen molar-refractivity contribution in [2.75, 3.05) is 13.2 Å². The fourth-order valence-corrected chi connectivity index (χ4v) is 0.235. The molecule has 44 valence electrons. The molecule has 0 spiro atoms. The number of ether oxygens (including phenoxy) is 1. The Morgan fingerprint density at radius 3 is 1.75 bits per heavy atom. The van der Waals surface area contributed by atoms with Crippen LogP contribution in [0.15, 0.2) is 25.3 Å². The Kier molecular flexibility index (Phi) is 14.4. The smallest absolute Gasteiger partial charge is 0.0649 e. The van der Waals surface area contributed by atoms with E-state index < -0.39 is 0 Å². The monoisotopic (exact) mass is 278 g/mol. The summed E-state index contributed by atoms with van der Waals surface area (Å²) in [5.74, 6) is 0. The first-order valence-electron chi connectivity index (χ1n) is 2.21. The topological polar surface area (TPSA) is 9.23 Å². The predicted octanol–water partition coefficient (Wildman–Crippen LogP) is 1.37. The molecule has 0 aliphatic carbocycles. The molecule has 8 heavy (non-hydrogen) atoms. The van der Waals surface area contributed by atoms with Gasteiger partial charge < -0.3 is 4.74 Å². The predicted molar refractivity (Wildman–Crippen MR) is 31.2 cm³/mol. The summed E-state index contributed by atoms with van der Waals surface area (Å²) < 4.78 is 4.90. The van der Waals surface area contributed by atoms with Gasteiger partial charge in [-0.3, -0.25) is 0 Å². The Morgan fingerprint density at radius 2 is 1.50 bits per heavy atom. The number of hydrogen-bond donors (Lipinski definition) is 0. The molecule has 0 heterocycles. The van der Waals surface area contributed by atoms with E-state index in [1.54, 1.807) is 12.2 Å². The van der Waals surface area contributed by atoms with E-state index in [9.17, 15) is 0 Å². The van der Waals surface area contributed by atoms with E-state index >= 15 is 0 Å². The molecular formula is C6H10HfO. The molecule has 0 aliphatic rings. The van der Waals surface area contributed by atoms with Crippen LogP contribution in [-0.2, 0) is 30.6 Å². The van der Waals surface area contributed by atoms with Crippen molar-refractivity contribution in [2.24, 2.45) is 0 Å². The van der Waals surface area contributed by atoms with Gasteiger partial charge in [-0.25, -0.2) is 0 Å². The second-order valence-electron chi connectivity index (χ2n) is 1.11. The van der Waals surface area contributed by atoms with Crippen LogP contribution in [0.1, 0.15) is 0 Å². The third-order valence-corrected chi connectivity index (χ3v) is 0.471. The average molecular weight is 277 g/mol. The van der Waals surface area contributed by atoms with Crippen LogP contribution in [0.4, 0.5) is 0 Å². The summed E-state index contributed by atoms with van der Waals surface area (Å²) in [5, 5.41) is 0. The van der Waals surface area contributed by atoms with Crippen molar-refractivity contribution >= 4 is 0 Å². The van der Waals surface area contributed by atoms with Crippen molar-refractivity contribution in [3.63, 3.8) is 0 Å². The van der Waals surface area contributed by atoms with Crippen molar-refractivity contribution in [2.45, 2.75) is 0 Å². The molecule has 0 saturated carbocycles. The zero-order chi connectivity index (χ0) is 5.54. The average Bonchev–Trinajstić information content (AvgIpc) is 1.69. The van der Waals surface area contributed by atoms with E-state index in [1.807, 2.05) is 0 Å². The maximum Gasteiger partial charge on any atom is 0.0649 e. The van der Waals surface area contributed by atoms with Gasteiger partial charge in [0, 0.05) is 25.8 Å². The van der Waals surface area contributed by atoms with E-state index in [2.05, 4.69) is 13.2 Å². The summed E-state index contributed by atoms with van der Waals surface area (Å²) in [6, 6.07) is 0. The minimum absolute atomic E-state index is 0. The van der Waals surface area contributed by atoms with Gasteiger partial charge >= 0.3 is 0 Å². The molecule has 0 N–H and O–H groups in total. The number of hydrogen-bond acceptors (Lipinski definition) is 1. The Hall–Kier alpha value is 0.310. The molecule has 0 aromatic carbocycles. The van der Waals surface area contributed by atoms with Gasteiger partial charge in [0.25, 0.3) is 0 Å². The maximum absolute atomic E-state index is 4.90. The largest absolute Gasteiger partial charge is 0.373 e. The van der Waals surface area contributed by atoms with Gasteiger partial charge in [0.05, 0.1) is 13.2 Å². The molecule has 0 atom stereocenters. The van der Waals surface area contributed by atoms with Gasteiger partial charge in [-0.05, 0) is 0 Å². The summed E-state index contributed by atoms with van der Waals surface area (Å²) in [7, 11) is 0. The van der Waals surface area contributed by atoms with Gasteiger partial charge in [0.15, 0.2) is 0 Å². The Bertz CT molecular complexity index is 53.5. The Morgan fingerprint density at radius 1 is 1.12 bits per heavy atom. The molecule has 0 unspecified atom stereocenters. The van der Waals surface area contributed by atoms with Gasteiger partial charge in [-0.1, -0.05) is 12.2 Å². The summed E-state index contributed by atoms with van der Waals surface area (Å²) in [4.78, 5) is 0. The second kappa shape index (κ2) is 10.3. The van der Waals surface area contributed by atoms with E-state index in [-0.39, 0.29) is 25.8 Å². The van der Waals surface area contributed by atoms with Crippen LogP contribution in [0.2, 0.25) is 0 Å². The molecular weight excluding hydrogens is 267 g/mol. The molecule has 0 aromatic rings. The van der Waals surface area contributed by atoms with Crippen LogP contribution in [-0.4, -0.2) is 13.2 Å². The molecule has 0 aliphatic heterocycles. The van der Waals surface area contributed by atoms with Gasteiger partial charge in [0.1, 0.15) is 0 Å². The van der Waals surface area contributed by atoms with Crippen molar-refractivity contribution in [3.05, 3.63) is 25.3 Å². The van der Waals surface area contributed by atoms with Crippen molar-refractivity contribution in [1.29, 1.82) is 0 Å². The van der Waals surface area contributed by atoms with Gasteiger partial charge in [-0.2, -0.15) is 0 Å². The first-order valence-corrected chi connectivity index (χ1v) is 2.21. The van der Waals surface area contributed by atoms with Crippen LogP contribution < -0.4 is 0 Å². The fourth-order valence-electron chi connectivity index (χ4n) is 0.235. The second-order valence-corrected chi connectivity index (χ2v) is 1.11. The maximum atomic E-state index is 4.90. The number of rotatable bonds is 4. The van der Waals surface area contributed by atoms with Crippen molar-refractivity contribution in [3.8, 4) is 0 Å². The van der Waals surface area contributed by atoms with Crippen LogP contribution in [0.25, 0.3) is 0 Å². The van der Waals surface area contributed by atoms with Crippen molar-refractivity contribution < 1.29 is 30.6 Å². The summed E-state index contributed by atoms with van der Waals surface area (Å²) >= 11 is 0. The molecule has 0 fully saturated rings. The molecule has 0 bridgehead atoms. The molecule has 0 rings (SSSR count). The molecule has 0 saturated heterocycles. The minimum Gasteiger partial charge on any atom is -0.373 e. The molecule has 0 aromatic heterocycles. The minimum atomic E-state index is 0. The Labute approximate surface area is 69.2 Å². The SMILES string of the molecule is C=CCOCC=C.[Hf].